The molecule has 6 heteroatoms. The van der Waals surface area contributed by atoms with Crippen LogP contribution in [0.4, 0.5) is 17.3 Å². The van der Waals surface area contributed by atoms with Crippen LogP contribution in [0, 0.1) is 6.92 Å². The molecule has 2 N–H and O–H groups in total. The molecule has 0 unspecified atom stereocenters. The molecule has 0 aliphatic rings. The molecule has 2 rings (SSSR count). The summed E-state index contributed by atoms with van der Waals surface area (Å²) in [5, 5.41) is 6.47. The summed E-state index contributed by atoms with van der Waals surface area (Å²) in [7, 11) is 1.87. The molecular weight excluding hydrogens is 384 g/mol. The second-order valence-electron chi connectivity index (χ2n) is 4.31. The molecule has 0 atom stereocenters. The van der Waals surface area contributed by atoms with Gasteiger partial charge in [0, 0.05) is 28.0 Å². The normalized spacial score (nSPS) is 10.4. The lowest BCUT2D eigenvalue weighted by Gasteiger charge is -2.14. The second-order valence-corrected chi connectivity index (χ2v) is 6.08. The van der Waals surface area contributed by atoms with Gasteiger partial charge in [0.25, 0.3) is 0 Å². The standard InChI is InChI=1S/C14H16Br2N4/c1-4-12-19-13(17-3)8(2)14(20-12)18-11-7-9(15)5-6-10(11)16/h5-7H,4H2,1-3H3,(H2,17,18,19,20). The summed E-state index contributed by atoms with van der Waals surface area (Å²) < 4.78 is 2.00. The quantitative estimate of drug-likeness (QED) is 0.784. The fourth-order valence-corrected chi connectivity index (χ4v) is 2.51. The molecule has 0 spiro atoms. The lowest BCUT2D eigenvalue weighted by atomic mass is 10.2. The highest BCUT2D eigenvalue weighted by molar-refractivity contribution is 9.11. The number of halogens is 2. The van der Waals surface area contributed by atoms with Gasteiger partial charge in [-0.05, 0) is 41.1 Å². The minimum absolute atomic E-state index is 0.795. The monoisotopic (exact) mass is 398 g/mol. The molecule has 0 fully saturated rings. The first-order valence-electron chi connectivity index (χ1n) is 6.32. The molecule has 0 aliphatic carbocycles. The highest BCUT2D eigenvalue weighted by Crippen LogP contribution is 2.30. The lowest BCUT2D eigenvalue weighted by Crippen LogP contribution is -2.07. The summed E-state index contributed by atoms with van der Waals surface area (Å²) in [5.74, 6) is 2.49. The van der Waals surface area contributed by atoms with Gasteiger partial charge in [0.15, 0.2) is 0 Å². The van der Waals surface area contributed by atoms with E-state index < -0.39 is 0 Å². The summed E-state index contributed by atoms with van der Waals surface area (Å²) in [6.45, 7) is 4.04. The van der Waals surface area contributed by atoms with Crippen LogP contribution in [0.2, 0.25) is 0 Å². The van der Waals surface area contributed by atoms with Gasteiger partial charge in [0.1, 0.15) is 17.5 Å². The Kier molecular flexibility index (Phi) is 4.99. The molecule has 0 amide bonds. The molecule has 2 aromatic rings. The van der Waals surface area contributed by atoms with E-state index in [0.29, 0.717) is 0 Å². The van der Waals surface area contributed by atoms with Crippen molar-refractivity contribution >= 4 is 49.2 Å². The molecule has 4 nitrogen and oxygen atoms in total. The molecular formula is C14H16Br2N4. The van der Waals surface area contributed by atoms with Gasteiger partial charge in [-0.3, -0.25) is 0 Å². The number of aryl methyl sites for hydroxylation is 1. The van der Waals surface area contributed by atoms with Crippen LogP contribution in [0.5, 0.6) is 0 Å². The molecule has 1 aromatic heterocycles. The fraction of sp³-hybridized carbons (Fsp3) is 0.286. The molecule has 0 radical (unpaired) electrons. The Morgan fingerprint density at radius 1 is 1.15 bits per heavy atom. The maximum Gasteiger partial charge on any atom is 0.139 e. The first-order chi connectivity index (χ1) is 9.55. The zero-order valence-electron chi connectivity index (χ0n) is 11.6. The highest BCUT2D eigenvalue weighted by Gasteiger charge is 2.11. The van der Waals surface area contributed by atoms with Gasteiger partial charge < -0.3 is 10.6 Å². The van der Waals surface area contributed by atoms with E-state index >= 15 is 0 Å². The van der Waals surface area contributed by atoms with Crippen LogP contribution < -0.4 is 10.6 Å². The minimum Gasteiger partial charge on any atom is -0.373 e. The Bertz CT molecular complexity index is 629. The van der Waals surface area contributed by atoms with Crippen LogP contribution >= 0.6 is 31.9 Å². The molecule has 20 heavy (non-hydrogen) atoms. The molecule has 1 heterocycles. The van der Waals surface area contributed by atoms with Crippen molar-refractivity contribution < 1.29 is 0 Å². The SMILES string of the molecule is CCc1nc(NC)c(C)c(Nc2cc(Br)ccc2Br)n1. The summed E-state index contributed by atoms with van der Waals surface area (Å²) in [4.78, 5) is 9.04. The van der Waals surface area contributed by atoms with E-state index in [-0.39, 0.29) is 0 Å². The average Bonchev–Trinajstić information content (AvgIpc) is 2.45. The molecule has 106 valence electrons. The van der Waals surface area contributed by atoms with Crippen molar-refractivity contribution in [3.63, 3.8) is 0 Å². The topological polar surface area (TPSA) is 49.8 Å². The van der Waals surface area contributed by atoms with Gasteiger partial charge in [0.05, 0.1) is 5.69 Å². The number of nitrogens with zero attached hydrogens (tertiary/aromatic N) is 2. The first kappa shape index (κ1) is 15.3. The molecule has 0 bridgehead atoms. The maximum atomic E-state index is 4.57. The molecule has 0 aliphatic heterocycles. The van der Waals surface area contributed by atoms with Crippen molar-refractivity contribution in [3.05, 3.63) is 38.5 Å². The van der Waals surface area contributed by atoms with Crippen molar-refractivity contribution in [1.82, 2.24) is 9.97 Å². The number of anilines is 3. The lowest BCUT2D eigenvalue weighted by molar-refractivity contribution is 0.935. The predicted octanol–water partition coefficient (Wildman–Crippen LogP) is 4.66. The third-order valence-electron chi connectivity index (χ3n) is 2.93. The van der Waals surface area contributed by atoms with E-state index in [1.165, 1.54) is 0 Å². The molecule has 0 saturated heterocycles. The zero-order chi connectivity index (χ0) is 14.7. The average molecular weight is 400 g/mol. The van der Waals surface area contributed by atoms with Crippen LogP contribution in [0.15, 0.2) is 27.1 Å². The van der Waals surface area contributed by atoms with E-state index in [1.807, 2.05) is 39.1 Å². The predicted molar refractivity (Wildman–Crippen MR) is 90.8 cm³/mol. The van der Waals surface area contributed by atoms with Crippen LogP contribution in [0.3, 0.4) is 0 Å². The highest BCUT2D eigenvalue weighted by atomic mass is 79.9. The smallest absolute Gasteiger partial charge is 0.139 e. The Labute approximate surface area is 135 Å². The second kappa shape index (κ2) is 6.54. The number of nitrogens with one attached hydrogen (secondary N) is 2. The van der Waals surface area contributed by atoms with Crippen molar-refractivity contribution in [3.8, 4) is 0 Å². The van der Waals surface area contributed by atoms with Crippen LogP contribution in [0.1, 0.15) is 18.3 Å². The van der Waals surface area contributed by atoms with Crippen LogP contribution in [0.25, 0.3) is 0 Å². The van der Waals surface area contributed by atoms with E-state index in [1.54, 1.807) is 0 Å². The number of aromatic nitrogens is 2. The van der Waals surface area contributed by atoms with E-state index in [9.17, 15) is 0 Å². The Morgan fingerprint density at radius 3 is 2.50 bits per heavy atom. The number of hydrogen-bond donors (Lipinski definition) is 2. The van der Waals surface area contributed by atoms with Gasteiger partial charge in [-0.2, -0.15) is 0 Å². The van der Waals surface area contributed by atoms with E-state index in [2.05, 4.69) is 52.5 Å². The number of hydrogen-bond acceptors (Lipinski definition) is 4. The Balaban J connectivity index is 2.44. The third kappa shape index (κ3) is 3.30. The van der Waals surface area contributed by atoms with Crippen molar-refractivity contribution in [2.24, 2.45) is 0 Å². The minimum atomic E-state index is 0.795. The van der Waals surface area contributed by atoms with Crippen LogP contribution in [-0.2, 0) is 6.42 Å². The Hall–Kier alpha value is -1.14. The maximum absolute atomic E-state index is 4.57. The van der Waals surface area contributed by atoms with Gasteiger partial charge >= 0.3 is 0 Å². The third-order valence-corrected chi connectivity index (χ3v) is 4.11. The van der Waals surface area contributed by atoms with Crippen molar-refractivity contribution in [2.75, 3.05) is 17.7 Å². The first-order valence-corrected chi connectivity index (χ1v) is 7.91. The summed E-state index contributed by atoms with van der Waals surface area (Å²) >= 11 is 7.02. The van der Waals surface area contributed by atoms with Crippen LogP contribution in [-0.4, -0.2) is 17.0 Å². The summed E-state index contributed by atoms with van der Waals surface area (Å²) in [6, 6.07) is 5.98. The van der Waals surface area contributed by atoms with Crippen molar-refractivity contribution in [2.45, 2.75) is 20.3 Å². The number of rotatable bonds is 4. The Morgan fingerprint density at radius 2 is 1.85 bits per heavy atom. The van der Waals surface area contributed by atoms with Gasteiger partial charge in [0.2, 0.25) is 0 Å². The zero-order valence-corrected chi connectivity index (χ0v) is 14.8. The van der Waals surface area contributed by atoms with E-state index in [0.717, 1.165) is 44.1 Å². The van der Waals surface area contributed by atoms with Gasteiger partial charge in [-0.25, -0.2) is 9.97 Å². The van der Waals surface area contributed by atoms with E-state index in [4.69, 9.17) is 0 Å². The van der Waals surface area contributed by atoms with Gasteiger partial charge in [-0.15, -0.1) is 0 Å². The fourth-order valence-electron chi connectivity index (χ4n) is 1.81. The molecule has 0 saturated carbocycles. The summed E-state index contributed by atoms with van der Waals surface area (Å²) in [6.07, 6.45) is 0.795. The number of benzene rings is 1. The van der Waals surface area contributed by atoms with Crippen molar-refractivity contribution in [1.29, 1.82) is 0 Å². The largest absolute Gasteiger partial charge is 0.373 e. The summed E-state index contributed by atoms with van der Waals surface area (Å²) in [5.41, 5.74) is 1.96. The molecule has 1 aromatic carbocycles. The van der Waals surface area contributed by atoms with Gasteiger partial charge in [-0.1, -0.05) is 22.9 Å².